The van der Waals surface area contributed by atoms with Crippen LogP contribution < -0.4 is 11.1 Å². The number of nitrogens with one attached hydrogen (secondary N) is 1. The average Bonchev–Trinajstić information content (AvgIpc) is 2.24. The third kappa shape index (κ3) is 5.37. The number of carbonyl (C=O) groups is 1. The van der Waals surface area contributed by atoms with E-state index in [9.17, 15) is 4.79 Å². The molecule has 0 bridgehead atoms. The fourth-order valence-electron chi connectivity index (χ4n) is 1.90. The van der Waals surface area contributed by atoms with E-state index in [4.69, 9.17) is 15.2 Å². The normalized spacial score (nSPS) is 25.4. The minimum absolute atomic E-state index is 0.332. The number of ether oxygens (including phenoxy) is 2. The molecule has 3 N–H and O–H groups in total. The quantitative estimate of drug-likeness (QED) is 0.780. The lowest BCUT2D eigenvalue weighted by Gasteiger charge is -2.31. The van der Waals surface area contributed by atoms with Crippen molar-refractivity contribution in [3.05, 3.63) is 0 Å². The van der Waals surface area contributed by atoms with Gasteiger partial charge in [-0.1, -0.05) is 0 Å². The summed E-state index contributed by atoms with van der Waals surface area (Å²) in [6, 6.07) is 0. The SMILES string of the molecule is CC(C)(C)OC(=O)NC[C@@H]1CCOC[C@H]1CN. The van der Waals surface area contributed by atoms with Crippen LogP contribution in [0.3, 0.4) is 0 Å². The van der Waals surface area contributed by atoms with E-state index >= 15 is 0 Å². The number of rotatable bonds is 3. The first-order chi connectivity index (χ1) is 7.92. The minimum Gasteiger partial charge on any atom is -0.444 e. The van der Waals surface area contributed by atoms with Crippen LogP contribution >= 0.6 is 0 Å². The second-order valence-corrected chi connectivity index (χ2v) is 5.50. The highest BCUT2D eigenvalue weighted by Crippen LogP contribution is 2.20. The van der Waals surface area contributed by atoms with Gasteiger partial charge in [-0.05, 0) is 45.6 Å². The Labute approximate surface area is 103 Å². The summed E-state index contributed by atoms with van der Waals surface area (Å²) in [5.74, 6) is 0.722. The van der Waals surface area contributed by atoms with Gasteiger partial charge >= 0.3 is 6.09 Å². The predicted molar refractivity (Wildman–Crippen MR) is 65.7 cm³/mol. The van der Waals surface area contributed by atoms with Gasteiger partial charge in [-0.25, -0.2) is 4.79 Å². The van der Waals surface area contributed by atoms with Crippen molar-refractivity contribution in [2.24, 2.45) is 17.6 Å². The molecule has 0 aromatic heterocycles. The lowest BCUT2D eigenvalue weighted by Crippen LogP contribution is -2.42. The molecule has 5 heteroatoms. The molecule has 1 saturated heterocycles. The van der Waals surface area contributed by atoms with Gasteiger partial charge in [0.2, 0.25) is 0 Å². The summed E-state index contributed by atoms with van der Waals surface area (Å²) in [6.07, 6.45) is 0.581. The summed E-state index contributed by atoms with van der Waals surface area (Å²) in [5.41, 5.74) is 5.23. The Morgan fingerprint density at radius 1 is 1.47 bits per heavy atom. The molecule has 1 rings (SSSR count). The van der Waals surface area contributed by atoms with Crippen LogP contribution in [0.25, 0.3) is 0 Å². The Morgan fingerprint density at radius 2 is 2.18 bits per heavy atom. The molecule has 1 heterocycles. The Morgan fingerprint density at radius 3 is 2.76 bits per heavy atom. The van der Waals surface area contributed by atoms with E-state index in [1.165, 1.54) is 0 Å². The number of hydrogen-bond donors (Lipinski definition) is 2. The molecular weight excluding hydrogens is 220 g/mol. The second-order valence-electron chi connectivity index (χ2n) is 5.50. The van der Waals surface area contributed by atoms with E-state index in [-0.39, 0.29) is 6.09 Å². The average molecular weight is 244 g/mol. The van der Waals surface area contributed by atoms with Gasteiger partial charge < -0.3 is 20.5 Å². The minimum atomic E-state index is -0.451. The van der Waals surface area contributed by atoms with Gasteiger partial charge in [-0.15, -0.1) is 0 Å². The molecule has 0 radical (unpaired) electrons. The summed E-state index contributed by atoms with van der Waals surface area (Å²) < 4.78 is 10.6. The van der Waals surface area contributed by atoms with E-state index < -0.39 is 5.60 Å². The third-order valence-corrected chi connectivity index (χ3v) is 2.84. The molecule has 100 valence electrons. The van der Waals surface area contributed by atoms with Gasteiger partial charge in [-0.3, -0.25) is 0 Å². The summed E-state index contributed by atoms with van der Waals surface area (Å²) in [4.78, 5) is 11.5. The molecule has 2 atom stereocenters. The maximum Gasteiger partial charge on any atom is 0.407 e. The third-order valence-electron chi connectivity index (χ3n) is 2.84. The van der Waals surface area contributed by atoms with Crippen LogP contribution in [0.2, 0.25) is 0 Å². The Bertz CT molecular complexity index is 251. The topological polar surface area (TPSA) is 73.6 Å². The van der Waals surface area contributed by atoms with Gasteiger partial charge in [0.15, 0.2) is 0 Å². The van der Waals surface area contributed by atoms with Crippen LogP contribution in [0.4, 0.5) is 4.79 Å². The smallest absolute Gasteiger partial charge is 0.407 e. The zero-order chi connectivity index (χ0) is 12.9. The lowest BCUT2D eigenvalue weighted by atomic mass is 9.88. The van der Waals surface area contributed by atoms with Gasteiger partial charge in [0.05, 0.1) is 6.61 Å². The van der Waals surface area contributed by atoms with Crippen LogP contribution in [-0.4, -0.2) is 38.0 Å². The molecule has 0 aromatic rings. The predicted octanol–water partition coefficient (Wildman–Crippen LogP) is 1.12. The Balaban J connectivity index is 2.31. The molecular formula is C12H24N2O3. The maximum atomic E-state index is 11.5. The van der Waals surface area contributed by atoms with Gasteiger partial charge in [0.1, 0.15) is 5.60 Å². The van der Waals surface area contributed by atoms with Gasteiger partial charge in [0, 0.05) is 13.2 Å². The fourth-order valence-corrected chi connectivity index (χ4v) is 1.90. The lowest BCUT2D eigenvalue weighted by molar-refractivity contribution is 0.0167. The van der Waals surface area contributed by atoms with Crippen LogP contribution in [-0.2, 0) is 9.47 Å². The van der Waals surface area contributed by atoms with Crippen molar-refractivity contribution in [2.75, 3.05) is 26.3 Å². The van der Waals surface area contributed by atoms with Crippen molar-refractivity contribution >= 4 is 6.09 Å². The first kappa shape index (κ1) is 14.3. The highest BCUT2D eigenvalue weighted by molar-refractivity contribution is 5.67. The molecule has 0 aromatic carbocycles. The summed E-state index contributed by atoms with van der Waals surface area (Å²) >= 11 is 0. The molecule has 0 aliphatic carbocycles. The first-order valence-corrected chi connectivity index (χ1v) is 6.17. The van der Waals surface area contributed by atoms with E-state index in [0.717, 1.165) is 13.0 Å². The Hall–Kier alpha value is -0.810. The highest BCUT2D eigenvalue weighted by Gasteiger charge is 2.25. The van der Waals surface area contributed by atoms with Crippen LogP contribution in [0, 0.1) is 11.8 Å². The van der Waals surface area contributed by atoms with Gasteiger partial charge in [0.25, 0.3) is 0 Å². The van der Waals surface area contributed by atoms with E-state index in [1.54, 1.807) is 0 Å². The van der Waals surface area contributed by atoms with Gasteiger partial charge in [-0.2, -0.15) is 0 Å². The van der Waals surface area contributed by atoms with Crippen LogP contribution in [0.5, 0.6) is 0 Å². The van der Waals surface area contributed by atoms with Crippen molar-refractivity contribution in [3.8, 4) is 0 Å². The number of alkyl carbamates (subject to hydrolysis) is 1. The van der Waals surface area contributed by atoms with E-state index in [1.807, 2.05) is 20.8 Å². The summed E-state index contributed by atoms with van der Waals surface area (Å²) in [5, 5.41) is 2.80. The standard InChI is InChI=1S/C12H24N2O3/c1-12(2,3)17-11(15)14-7-9-4-5-16-8-10(9)6-13/h9-10H,4-8,13H2,1-3H3,(H,14,15)/t9-,10+/m0/s1. The number of carbonyl (C=O) groups excluding carboxylic acids is 1. The zero-order valence-electron chi connectivity index (χ0n) is 11.0. The van der Waals surface area contributed by atoms with E-state index in [0.29, 0.717) is 31.5 Å². The highest BCUT2D eigenvalue weighted by atomic mass is 16.6. The molecule has 1 aliphatic rings. The molecule has 1 aliphatic heterocycles. The number of amides is 1. The maximum absolute atomic E-state index is 11.5. The number of hydrogen-bond acceptors (Lipinski definition) is 4. The molecule has 0 saturated carbocycles. The monoisotopic (exact) mass is 244 g/mol. The summed E-state index contributed by atoms with van der Waals surface area (Å²) in [7, 11) is 0. The van der Waals surface area contributed by atoms with Crippen molar-refractivity contribution in [1.29, 1.82) is 0 Å². The molecule has 1 fully saturated rings. The number of nitrogens with two attached hydrogens (primary N) is 1. The molecule has 0 unspecified atom stereocenters. The largest absolute Gasteiger partial charge is 0.444 e. The fraction of sp³-hybridized carbons (Fsp3) is 0.917. The molecule has 1 amide bonds. The van der Waals surface area contributed by atoms with Crippen LogP contribution in [0.15, 0.2) is 0 Å². The molecule has 5 nitrogen and oxygen atoms in total. The first-order valence-electron chi connectivity index (χ1n) is 6.17. The second kappa shape index (κ2) is 6.21. The Kier molecular flexibility index (Phi) is 5.21. The van der Waals surface area contributed by atoms with Crippen molar-refractivity contribution in [3.63, 3.8) is 0 Å². The van der Waals surface area contributed by atoms with Crippen molar-refractivity contribution < 1.29 is 14.3 Å². The molecule has 17 heavy (non-hydrogen) atoms. The van der Waals surface area contributed by atoms with Crippen molar-refractivity contribution in [2.45, 2.75) is 32.8 Å². The van der Waals surface area contributed by atoms with Crippen molar-refractivity contribution in [1.82, 2.24) is 5.32 Å². The molecule has 0 spiro atoms. The van der Waals surface area contributed by atoms with E-state index in [2.05, 4.69) is 5.32 Å². The van der Waals surface area contributed by atoms with Crippen LogP contribution in [0.1, 0.15) is 27.2 Å². The zero-order valence-corrected chi connectivity index (χ0v) is 11.0. The summed E-state index contributed by atoms with van der Waals surface area (Å²) in [6.45, 7) is 8.20.